The fourth-order valence-electron chi connectivity index (χ4n) is 4.80. The van der Waals surface area contributed by atoms with Crippen LogP contribution in [0.5, 0.6) is 5.75 Å². The molecule has 0 saturated carbocycles. The van der Waals surface area contributed by atoms with Gasteiger partial charge in [-0.05, 0) is 67.6 Å². The highest BCUT2D eigenvalue weighted by Crippen LogP contribution is 2.41. The van der Waals surface area contributed by atoms with E-state index in [4.69, 9.17) is 4.74 Å². The van der Waals surface area contributed by atoms with Gasteiger partial charge in [-0.1, -0.05) is 42.0 Å². The predicted octanol–water partition coefficient (Wildman–Crippen LogP) is 3.75. The number of aryl methyl sites for hydroxylation is 3. The fourth-order valence-corrected chi connectivity index (χ4v) is 5.96. The van der Waals surface area contributed by atoms with Crippen molar-refractivity contribution >= 4 is 15.9 Å². The fraction of sp³-hybridized carbons (Fsp3) is 0.308. The van der Waals surface area contributed by atoms with Crippen molar-refractivity contribution in [2.45, 2.75) is 51.3 Å². The number of ether oxygens (including phenoxy) is 1. The number of nitrogens with one attached hydrogen (secondary N) is 1. The molecule has 1 amide bonds. The number of pyridine rings is 1. The van der Waals surface area contributed by atoms with Crippen LogP contribution in [0, 0.1) is 20.8 Å². The number of sulfonamides is 1. The lowest BCUT2D eigenvalue weighted by Gasteiger charge is -2.35. The molecule has 178 valence electrons. The van der Waals surface area contributed by atoms with E-state index < -0.39 is 21.5 Å². The second-order valence-electron chi connectivity index (χ2n) is 8.91. The van der Waals surface area contributed by atoms with Gasteiger partial charge >= 0.3 is 0 Å². The first-order chi connectivity index (χ1) is 16.1. The first kappa shape index (κ1) is 23.9. The van der Waals surface area contributed by atoms with Crippen LogP contribution in [0.25, 0.3) is 0 Å². The van der Waals surface area contributed by atoms with Crippen molar-refractivity contribution in [1.29, 1.82) is 0 Å². The molecule has 1 aromatic heterocycles. The van der Waals surface area contributed by atoms with E-state index in [1.807, 2.05) is 29.2 Å². The van der Waals surface area contributed by atoms with E-state index in [1.165, 1.54) is 24.9 Å². The molecule has 1 aliphatic rings. The first-order valence-electron chi connectivity index (χ1n) is 11.0. The van der Waals surface area contributed by atoms with E-state index >= 15 is 0 Å². The molecule has 1 N–H and O–H groups in total. The SMILES string of the molecule is COc1cccnc1S(=O)(=O)NC(=O)C1(C)c2ccccc2CN1Cc1c(C)cc(C)cc1C. The molecule has 0 radical (unpaired) electrons. The lowest BCUT2D eigenvalue weighted by Crippen LogP contribution is -2.52. The summed E-state index contributed by atoms with van der Waals surface area (Å²) in [6.07, 6.45) is 1.35. The van der Waals surface area contributed by atoms with Crippen molar-refractivity contribution in [3.8, 4) is 5.75 Å². The molecular weight excluding hydrogens is 450 g/mol. The van der Waals surface area contributed by atoms with Crippen LogP contribution in [0.2, 0.25) is 0 Å². The highest BCUT2D eigenvalue weighted by molar-refractivity contribution is 7.90. The number of hydrogen-bond donors (Lipinski definition) is 1. The summed E-state index contributed by atoms with van der Waals surface area (Å²) >= 11 is 0. The number of amides is 1. The number of rotatable bonds is 6. The zero-order valence-electron chi connectivity index (χ0n) is 20.0. The Kier molecular flexibility index (Phi) is 6.22. The summed E-state index contributed by atoms with van der Waals surface area (Å²) in [7, 11) is -2.90. The van der Waals surface area contributed by atoms with E-state index in [0.29, 0.717) is 13.1 Å². The predicted molar refractivity (Wildman–Crippen MR) is 130 cm³/mol. The van der Waals surface area contributed by atoms with Crippen molar-refractivity contribution in [3.05, 3.63) is 88.1 Å². The topological polar surface area (TPSA) is 88.6 Å². The van der Waals surface area contributed by atoms with Crippen LogP contribution >= 0.6 is 0 Å². The van der Waals surface area contributed by atoms with Crippen LogP contribution in [-0.4, -0.2) is 31.3 Å². The Hall–Kier alpha value is -3.23. The maximum atomic E-state index is 13.7. The van der Waals surface area contributed by atoms with Gasteiger partial charge in [0.1, 0.15) is 5.54 Å². The van der Waals surface area contributed by atoms with Crippen molar-refractivity contribution < 1.29 is 17.9 Å². The summed E-state index contributed by atoms with van der Waals surface area (Å²) in [5.41, 5.74) is 5.18. The monoisotopic (exact) mass is 479 g/mol. The van der Waals surface area contributed by atoms with Crippen LogP contribution in [0.3, 0.4) is 0 Å². The zero-order valence-corrected chi connectivity index (χ0v) is 20.9. The highest BCUT2D eigenvalue weighted by atomic mass is 32.2. The van der Waals surface area contributed by atoms with Crippen molar-refractivity contribution in [2.24, 2.45) is 0 Å². The Balaban J connectivity index is 1.74. The summed E-state index contributed by atoms with van der Waals surface area (Å²) in [6.45, 7) is 8.99. The molecule has 3 aromatic rings. The van der Waals surface area contributed by atoms with Gasteiger partial charge in [-0.3, -0.25) is 9.69 Å². The maximum Gasteiger partial charge on any atom is 0.285 e. The van der Waals surface area contributed by atoms with Crippen LogP contribution in [0.15, 0.2) is 59.8 Å². The third-order valence-corrected chi connectivity index (χ3v) is 7.87. The van der Waals surface area contributed by atoms with Crippen molar-refractivity contribution in [1.82, 2.24) is 14.6 Å². The summed E-state index contributed by atoms with van der Waals surface area (Å²) in [5, 5.41) is -0.322. The maximum absolute atomic E-state index is 13.7. The van der Waals surface area contributed by atoms with E-state index in [1.54, 1.807) is 13.0 Å². The second kappa shape index (κ2) is 8.85. The summed E-state index contributed by atoms with van der Waals surface area (Å²) in [5.74, 6) is -0.560. The molecule has 0 spiro atoms. The number of nitrogens with zero attached hydrogens (tertiary/aromatic N) is 2. The molecule has 2 heterocycles. The number of fused-ring (bicyclic) bond motifs is 1. The van der Waals surface area contributed by atoms with Crippen molar-refractivity contribution in [2.75, 3.05) is 7.11 Å². The van der Waals surface area contributed by atoms with Gasteiger partial charge in [-0.15, -0.1) is 0 Å². The van der Waals surface area contributed by atoms with Crippen LogP contribution in [0.1, 0.15) is 40.3 Å². The summed E-state index contributed by atoms with van der Waals surface area (Å²) < 4.78 is 33.7. The number of benzene rings is 2. The molecule has 0 saturated heterocycles. The first-order valence-corrected chi connectivity index (χ1v) is 12.5. The normalized spacial score (nSPS) is 17.9. The Bertz CT molecular complexity index is 1350. The standard InChI is InChI=1S/C26H29N3O4S/c1-17-13-18(2)21(19(3)14-17)16-29-15-20-9-6-7-10-22(20)26(29,4)25(30)28-34(31,32)24-23(33-5)11-8-12-27-24/h6-14H,15-16H2,1-5H3,(H,28,30). The molecular formula is C26H29N3O4S. The van der Waals surface area contributed by atoms with Crippen LogP contribution in [-0.2, 0) is 33.4 Å². The molecule has 34 heavy (non-hydrogen) atoms. The lowest BCUT2D eigenvalue weighted by molar-refractivity contribution is -0.131. The Morgan fingerprint density at radius 2 is 1.79 bits per heavy atom. The van der Waals surface area contributed by atoms with Gasteiger partial charge in [0.25, 0.3) is 15.9 Å². The Morgan fingerprint density at radius 1 is 1.12 bits per heavy atom. The molecule has 1 atom stereocenters. The van der Waals surface area contributed by atoms with Gasteiger partial charge in [0.2, 0.25) is 5.03 Å². The summed E-state index contributed by atoms with van der Waals surface area (Å²) in [4.78, 5) is 19.7. The lowest BCUT2D eigenvalue weighted by atomic mass is 9.90. The van der Waals surface area contributed by atoms with Gasteiger partial charge in [-0.2, -0.15) is 8.42 Å². The average Bonchev–Trinajstić information content (AvgIpc) is 3.08. The molecule has 0 bridgehead atoms. The average molecular weight is 480 g/mol. The molecule has 1 aliphatic heterocycles. The molecule has 4 rings (SSSR count). The molecule has 0 aliphatic carbocycles. The van der Waals surface area contributed by atoms with Crippen LogP contribution < -0.4 is 9.46 Å². The number of carbonyl (C=O) groups is 1. The van der Waals surface area contributed by atoms with Crippen LogP contribution in [0.4, 0.5) is 0 Å². The van der Waals surface area contributed by atoms with Gasteiger partial charge in [-0.25, -0.2) is 9.71 Å². The number of carbonyl (C=O) groups excluding carboxylic acids is 1. The van der Waals surface area contributed by atoms with Crippen molar-refractivity contribution in [3.63, 3.8) is 0 Å². The minimum Gasteiger partial charge on any atom is -0.494 e. The zero-order chi connectivity index (χ0) is 24.7. The second-order valence-corrected chi connectivity index (χ2v) is 10.5. The van der Waals surface area contributed by atoms with E-state index in [2.05, 4.69) is 42.6 Å². The Labute approximate surface area is 200 Å². The summed E-state index contributed by atoms with van der Waals surface area (Å²) in [6, 6.07) is 15.0. The largest absolute Gasteiger partial charge is 0.494 e. The van der Waals surface area contributed by atoms with Gasteiger partial charge < -0.3 is 4.74 Å². The molecule has 8 heteroatoms. The molecule has 0 fully saturated rings. The Morgan fingerprint density at radius 3 is 2.47 bits per heavy atom. The number of aromatic nitrogens is 1. The number of hydrogen-bond acceptors (Lipinski definition) is 6. The smallest absolute Gasteiger partial charge is 0.285 e. The third-order valence-electron chi connectivity index (χ3n) is 6.60. The van der Waals surface area contributed by atoms with E-state index in [0.717, 1.165) is 27.8 Å². The quantitative estimate of drug-likeness (QED) is 0.579. The minimum absolute atomic E-state index is 0.0718. The van der Waals surface area contributed by atoms with E-state index in [9.17, 15) is 13.2 Å². The number of methoxy groups -OCH3 is 1. The van der Waals surface area contributed by atoms with Gasteiger partial charge in [0.15, 0.2) is 5.75 Å². The molecule has 7 nitrogen and oxygen atoms in total. The van der Waals surface area contributed by atoms with Gasteiger partial charge in [0.05, 0.1) is 7.11 Å². The minimum atomic E-state index is -4.26. The van der Waals surface area contributed by atoms with E-state index in [-0.39, 0.29) is 10.8 Å². The van der Waals surface area contributed by atoms with Gasteiger partial charge in [0, 0.05) is 19.3 Å². The highest BCUT2D eigenvalue weighted by Gasteiger charge is 2.48. The third kappa shape index (κ3) is 4.08. The molecule has 2 aromatic carbocycles. The molecule has 1 unspecified atom stereocenters.